The van der Waals surface area contributed by atoms with E-state index in [0.717, 1.165) is 58.7 Å². The molecule has 2 heterocycles. The predicted molar refractivity (Wildman–Crippen MR) is 89.9 cm³/mol. The van der Waals surface area contributed by atoms with Crippen LogP contribution < -0.4 is 5.73 Å². The fraction of sp³-hybridized carbons (Fsp3) is 0.400. The number of hydrogen-bond acceptors (Lipinski definition) is 5. The van der Waals surface area contributed by atoms with Crippen LogP contribution in [-0.2, 0) is 12.2 Å². The van der Waals surface area contributed by atoms with Crippen molar-refractivity contribution in [3.05, 3.63) is 41.5 Å². The lowest BCUT2D eigenvalue weighted by molar-refractivity contribution is -0.368. The monoisotopic (exact) mass is 352 g/mol. The van der Waals surface area contributed by atoms with Crippen LogP contribution in [0.2, 0.25) is 0 Å². The maximum Gasteiger partial charge on any atom is 0.235 e. The van der Waals surface area contributed by atoms with Crippen molar-refractivity contribution in [2.24, 2.45) is 0 Å². The molecule has 0 amide bonds. The zero-order valence-corrected chi connectivity index (χ0v) is 14.4. The molecule has 0 saturated carbocycles. The Hall–Kier alpha value is -1.51. The minimum absolute atomic E-state index is 0.207. The second-order valence-electron chi connectivity index (χ2n) is 5.26. The van der Waals surface area contributed by atoms with Crippen molar-refractivity contribution >= 4 is 28.1 Å². The van der Waals surface area contributed by atoms with Crippen molar-refractivity contribution in [1.29, 1.82) is 0 Å². The van der Waals surface area contributed by atoms with Crippen molar-refractivity contribution in [1.82, 2.24) is 19.8 Å². The zero-order valence-electron chi connectivity index (χ0n) is 12.7. The van der Waals surface area contributed by atoms with Gasteiger partial charge >= 0.3 is 0 Å². The second-order valence-corrected chi connectivity index (χ2v) is 7.44. The average molecular weight is 352 g/mol. The van der Waals surface area contributed by atoms with Crippen LogP contribution in [0.1, 0.15) is 30.7 Å². The summed E-state index contributed by atoms with van der Waals surface area (Å²) in [6, 6.07) is 6.57. The van der Waals surface area contributed by atoms with Crippen LogP contribution in [0.3, 0.4) is 0 Å². The quantitative estimate of drug-likeness (QED) is 0.500. The number of nitrogens with zero attached hydrogens (tertiary/aromatic N) is 4. The van der Waals surface area contributed by atoms with Gasteiger partial charge in [-0.25, -0.2) is 4.39 Å². The highest BCUT2D eigenvalue weighted by molar-refractivity contribution is 8.00. The Morgan fingerprint density at radius 3 is 2.74 bits per heavy atom. The van der Waals surface area contributed by atoms with E-state index in [1.54, 1.807) is 35.2 Å². The first-order valence-electron chi connectivity index (χ1n) is 7.64. The summed E-state index contributed by atoms with van der Waals surface area (Å²) in [6.07, 6.45) is 4.30. The van der Waals surface area contributed by atoms with Gasteiger partial charge in [0.25, 0.3) is 0 Å². The van der Waals surface area contributed by atoms with Crippen molar-refractivity contribution in [3.8, 4) is 0 Å². The Balaban J connectivity index is 1.61. The second kappa shape index (κ2) is 7.85. The molecule has 122 valence electrons. The highest BCUT2D eigenvalue weighted by atomic mass is 32.2. The van der Waals surface area contributed by atoms with Gasteiger partial charge in [0.05, 0.1) is 6.54 Å². The summed E-state index contributed by atoms with van der Waals surface area (Å²) in [5.41, 5.74) is 4.94. The molecule has 0 atom stereocenters. The third kappa shape index (κ3) is 4.27. The maximum atomic E-state index is 12.9. The molecule has 0 aliphatic carbocycles. The molecule has 0 fully saturated rings. The van der Waals surface area contributed by atoms with Crippen molar-refractivity contribution in [2.75, 3.05) is 6.54 Å². The number of aromatic nitrogens is 4. The number of aryl methyl sites for hydroxylation is 1. The number of rotatable bonds is 8. The van der Waals surface area contributed by atoms with Crippen LogP contribution in [0.5, 0.6) is 0 Å². The third-order valence-electron chi connectivity index (χ3n) is 3.46. The fourth-order valence-electron chi connectivity index (χ4n) is 2.22. The van der Waals surface area contributed by atoms with E-state index in [-0.39, 0.29) is 5.82 Å². The summed E-state index contributed by atoms with van der Waals surface area (Å²) >= 11 is 3.18. The molecule has 2 aromatic heterocycles. The molecule has 3 rings (SSSR count). The van der Waals surface area contributed by atoms with Gasteiger partial charge in [0.2, 0.25) is 4.96 Å². The van der Waals surface area contributed by atoms with Gasteiger partial charge in [-0.2, -0.15) is 4.52 Å². The molecule has 3 aromatic rings. The highest BCUT2D eigenvalue weighted by Crippen LogP contribution is 2.27. The predicted octanol–water partition coefficient (Wildman–Crippen LogP) is 2.57. The van der Waals surface area contributed by atoms with E-state index < -0.39 is 0 Å². The van der Waals surface area contributed by atoms with E-state index in [0.29, 0.717) is 0 Å². The smallest absolute Gasteiger partial charge is 0.235 e. The Kier molecular flexibility index (Phi) is 5.58. The lowest BCUT2D eigenvalue weighted by Gasteiger charge is -1.98. The van der Waals surface area contributed by atoms with Crippen LogP contribution in [0.25, 0.3) is 4.96 Å². The number of thioether (sulfide) groups is 1. The van der Waals surface area contributed by atoms with Crippen LogP contribution in [0.4, 0.5) is 4.39 Å². The minimum Gasteiger partial charge on any atom is -0.358 e. The normalized spacial score (nSPS) is 11.4. The van der Waals surface area contributed by atoms with Gasteiger partial charge in [0.1, 0.15) is 5.82 Å². The van der Waals surface area contributed by atoms with Crippen molar-refractivity contribution < 1.29 is 10.1 Å². The Morgan fingerprint density at radius 2 is 1.96 bits per heavy atom. The molecule has 0 bridgehead atoms. The maximum absolute atomic E-state index is 12.9. The molecule has 5 nitrogen and oxygen atoms in total. The Labute approximate surface area is 142 Å². The van der Waals surface area contributed by atoms with Gasteiger partial charge in [-0.05, 0) is 37.0 Å². The molecule has 0 spiro atoms. The topological polar surface area (TPSA) is 70.7 Å². The van der Waals surface area contributed by atoms with E-state index in [4.69, 9.17) is 0 Å². The first-order chi connectivity index (χ1) is 11.3. The number of fused-ring (bicyclic) bond motifs is 1. The Morgan fingerprint density at radius 1 is 1.13 bits per heavy atom. The standard InChI is InChI=1S/C15H18FN5S2/c16-12-7-5-11(6-8-12)10-22-15-20-21-13(4-2-1-3-9-17)18-19-14(21)23-15/h5-8H,1-4,9-10,17H2/p+1. The first kappa shape index (κ1) is 16.4. The fourth-order valence-corrected chi connectivity index (χ4v) is 4.07. The van der Waals surface area contributed by atoms with Gasteiger partial charge < -0.3 is 5.73 Å². The highest BCUT2D eigenvalue weighted by Gasteiger charge is 2.12. The molecule has 0 radical (unpaired) electrons. The number of unbranched alkanes of at least 4 members (excludes halogenated alkanes) is 2. The molecule has 1 aromatic carbocycles. The number of halogens is 1. The summed E-state index contributed by atoms with van der Waals surface area (Å²) < 4.78 is 15.7. The van der Waals surface area contributed by atoms with Crippen LogP contribution >= 0.6 is 23.1 Å². The van der Waals surface area contributed by atoms with E-state index in [9.17, 15) is 4.39 Å². The van der Waals surface area contributed by atoms with Gasteiger partial charge in [0.15, 0.2) is 10.2 Å². The van der Waals surface area contributed by atoms with E-state index >= 15 is 0 Å². The number of benzene rings is 1. The van der Waals surface area contributed by atoms with Gasteiger partial charge in [-0.1, -0.05) is 35.2 Å². The molecule has 0 aliphatic heterocycles. The lowest BCUT2D eigenvalue weighted by atomic mass is 10.2. The summed E-state index contributed by atoms with van der Waals surface area (Å²) in [5, 5.41) is 13.0. The van der Waals surface area contributed by atoms with Crippen molar-refractivity contribution in [3.63, 3.8) is 0 Å². The largest absolute Gasteiger partial charge is 0.358 e. The third-order valence-corrected chi connectivity index (χ3v) is 5.57. The van der Waals surface area contributed by atoms with Gasteiger partial charge in [0, 0.05) is 12.2 Å². The van der Waals surface area contributed by atoms with E-state index in [2.05, 4.69) is 21.0 Å². The van der Waals surface area contributed by atoms with Crippen LogP contribution in [-0.4, -0.2) is 26.4 Å². The van der Waals surface area contributed by atoms with E-state index in [1.165, 1.54) is 12.1 Å². The number of hydrogen-bond donors (Lipinski definition) is 1. The zero-order chi connectivity index (χ0) is 16.1. The molecule has 0 saturated heterocycles. The first-order valence-corrected chi connectivity index (χ1v) is 9.44. The lowest BCUT2D eigenvalue weighted by Crippen LogP contribution is -2.50. The molecule has 8 heteroatoms. The van der Waals surface area contributed by atoms with Crippen molar-refractivity contribution in [2.45, 2.75) is 35.8 Å². The molecule has 23 heavy (non-hydrogen) atoms. The molecule has 0 aliphatic rings. The SMILES string of the molecule is [NH3+]CCCCCc1nnc2sc(SCc3ccc(F)cc3)nn12. The summed E-state index contributed by atoms with van der Waals surface area (Å²) in [6.45, 7) is 0.982. The summed E-state index contributed by atoms with van der Waals surface area (Å²) in [4.78, 5) is 0.832. The molecular weight excluding hydrogens is 333 g/mol. The summed E-state index contributed by atoms with van der Waals surface area (Å²) in [7, 11) is 0. The average Bonchev–Trinajstić information content (AvgIpc) is 3.12. The minimum atomic E-state index is -0.207. The van der Waals surface area contributed by atoms with Gasteiger partial charge in [-0.3, -0.25) is 0 Å². The molecular formula is C15H19FN5S2+. The van der Waals surface area contributed by atoms with Crippen LogP contribution in [0, 0.1) is 5.82 Å². The number of quaternary nitrogens is 1. The molecule has 3 N–H and O–H groups in total. The Bertz CT molecular complexity index is 753. The molecule has 0 unspecified atom stereocenters. The van der Waals surface area contributed by atoms with Gasteiger partial charge in [-0.15, -0.1) is 15.3 Å². The van der Waals surface area contributed by atoms with E-state index in [1.807, 2.05) is 4.52 Å². The van der Waals surface area contributed by atoms with Crippen LogP contribution in [0.15, 0.2) is 28.6 Å². The summed E-state index contributed by atoms with van der Waals surface area (Å²) in [5.74, 6) is 1.48.